The van der Waals surface area contributed by atoms with E-state index in [1.165, 1.54) is 24.2 Å². The molecule has 1 amide bonds. The molecule has 1 saturated carbocycles. The number of fused-ring (bicyclic) bond motifs is 2. The van der Waals surface area contributed by atoms with Gasteiger partial charge in [-0.15, -0.1) is 24.8 Å². The van der Waals surface area contributed by atoms with Crippen molar-refractivity contribution in [2.75, 3.05) is 23.3 Å². The molecule has 3 atom stereocenters. The summed E-state index contributed by atoms with van der Waals surface area (Å²) in [4.78, 5) is 16.9. The van der Waals surface area contributed by atoms with Gasteiger partial charge in [-0.2, -0.15) is 13.2 Å². The number of hydrogen-bond donors (Lipinski definition) is 2. The summed E-state index contributed by atoms with van der Waals surface area (Å²) in [5, 5.41) is 2.86. The Morgan fingerprint density at radius 1 is 1.08 bits per heavy atom. The first-order valence-corrected chi connectivity index (χ1v) is 13.4. The number of amides is 1. The summed E-state index contributed by atoms with van der Waals surface area (Å²) in [5.74, 6) is 0.140. The van der Waals surface area contributed by atoms with E-state index in [1.807, 2.05) is 0 Å². The fourth-order valence-corrected chi connectivity index (χ4v) is 6.79. The second-order valence-corrected chi connectivity index (χ2v) is 11.5. The van der Waals surface area contributed by atoms with E-state index in [9.17, 15) is 18.0 Å². The predicted molar refractivity (Wildman–Crippen MR) is 148 cm³/mol. The maximum absolute atomic E-state index is 13.8. The van der Waals surface area contributed by atoms with Crippen LogP contribution < -0.4 is 16.0 Å². The normalized spacial score (nSPS) is 23.2. The maximum atomic E-state index is 13.8. The SMILES string of the molecule is CC1CCCN(c2ccc3c(c2)Sc2cc(C(F)(F)F)cc(NC(=O)C4CCCC(N)C4)c2C3)C1.Cl.Cl. The van der Waals surface area contributed by atoms with E-state index in [0.717, 1.165) is 66.5 Å². The molecule has 0 radical (unpaired) electrons. The molecule has 3 N–H and O–H groups in total. The summed E-state index contributed by atoms with van der Waals surface area (Å²) in [6.45, 7) is 4.26. The molecule has 10 heteroatoms. The van der Waals surface area contributed by atoms with Gasteiger partial charge in [-0.3, -0.25) is 4.79 Å². The van der Waals surface area contributed by atoms with Crippen molar-refractivity contribution in [3.63, 3.8) is 0 Å². The zero-order chi connectivity index (χ0) is 24.7. The van der Waals surface area contributed by atoms with E-state index in [-0.39, 0.29) is 48.4 Å². The lowest BCUT2D eigenvalue weighted by molar-refractivity contribution is -0.137. The molecule has 2 heterocycles. The molecular weight excluding hydrogens is 542 g/mol. The quantitative estimate of drug-likeness (QED) is 0.344. The highest BCUT2D eigenvalue weighted by Crippen LogP contribution is 2.46. The average molecular weight is 577 g/mol. The van der Waals surface area contributed by atoms with Crippen LogP contribution >= 0.6 is 36.6 Å². The van der Waals surface area contributed by atoms with Crippen LogP contribution in [0.15, 0.2) is 40.1 Å². The first kappa shape index (κ1) is 29.9. The molecular formula is C27H34Cl2F3N3OS. The zero-order valence-corrected chi connectivity index (χ0v) is 23.2. The van der Waals surface area contributed by atoms with E-state index in [2.05, 4.69) is 35.3 Å². The standard InChI is InChI=1S/C27H32F3N3OS.2ClH/c1-16-4-3-9-33(15-16)21-8-7-17-11-22-23(32-26(34)18-5-2-6-20(31)10-18)12-19(27(28,29)30)13-25(22)35-24(17)14-21;;/h7-8,12-14,16,18,20H,2-6,9-11,15,31H2,1H3,(H,32,34);2*1H. The number of alkyl halides is 3. The second-order valence-electron chi connectivity index (χ2n) is 10.4. The van der Waals surface area contributed by atoms with Crippen molar-refractivity contribution in [1.82, 2.24) is 0 Å². The minimum absolute atomic E-state index is 0. The highest BCUT2D eigenvalue weighted by atomic mass is 35.5. The number of nitrogens with zero attached hydrogens (tertiary/aromatic N) is 1. The van der Waals surface area contributed by atoms with Gasteiger partial charge in [0.05, 0.1) is 5.56 Å². The van der Waals surface area contributed by atoms with E-state index in [0.29, 0.717) is 23.7 Å². The van der Waals surface area contributed by atoms with Gasteiger partial charge in [-0.25, -0.2) is 0 Å². The lowest BCUT2D eigenvalue weighted by atomic mass is 9.85. The van der Waals surface area contributed by atoms with Crippen LogP contribution in [0.2, 0.25) is 0 Å². The number of anilines is 2. The summed E-state index contributed by atoms with van der Waals surface area (Å²) in [5.41, 5.74) is 8.53. The van der Waals surface area contributed by atoms with Gasteiger partial charge in [-0.1, -0.05) is 31.2 Å². The van der Waals surface area contributed by atoms with Gasteiger partial charge in [0.2, 0.25) is 5.91 Å². The third-order valence-electron chi connectivity index (χ3n) is 7.54. The van der Waals surface area contributed by atoms with Gasteiger partial charge < -0.3 is 16.0 Å². The monoisotopic (exact) mass is 575 g/mol. The molecule has 204 valence electrons. The van der Waals surface area contributed by atoms with Crippen LogP contribution in [0.25, 0.3) is 0 Å². The van der Waals surface area contributed by atoms with Gasteiger partial charge in [-0.05, 0) is 73.4 Å². The van der Waals surface area contributed by atoms with Gasteiger partial charge in [0, 0.05) is 52.6 Å². The van der Waals surface area contributed by atoms with Gasteiger partial charge in [0.15, 0.2) is 0 Å². The molecule has 3 aliphatic rings. The largest absolute Gasteiger partial charge is 0.416 e. The number of nitrogens with two attached hydrogens (primary N) is 1. The van der Waals surface area contributed by atoms with Gasteiger partial charge in [0.1, 0.15) is 0 Å². The van der Waals surface area contributed by atoms with Crippen molar-refractivity contribution < 1.29 is 18.0 Å². The molecule has 0 bridgehead atoms. The molecule has 2 fully saturated rings. The number of piperidine rings is 1. The third-order valence-corrected chi connectivity index (χ3v) is 8.72. The Hall–Kier alpha value is -1.61. The number of rotatable bonds is 3. The van der Waals surface area contributed by atoms with Crippen LogP contribution in [0.1, 0.15) is 62.1 Å². The molecule has 3 unspecified atom stereocenters. The summed E-state index contributed by atoms with van der Waals surface area (Å²) in [6.07, 6.45) is 1.41. The fourth-order valence-electron chi connectivity index (χ4n) is 5.61. The molecule has 1 saturated heterocycles. The first-order valence-electron chi connectivity index (χ1n) is 12.5. The van der Waals surface area contributed by atoms with Crippen molar-refractivity contribution in [2.45, 2.75) is 73.9 Å². The van der Waals surface area contributed by atoms with Gasteiger partial charge in [0.25, 0.3) is 0 Å². The Bertz CT molecular complexity index is 1130. The van der Waals surface area contributed by atoms with Crippen LogP contribution in [0, 0.1) is 11.8 Å². The Labute approximate surface area is 233 Å². The van der Waals surface area contributed by atoms with Crippen LogP contribution in [0.5, 0.6) is 0 Å². The van der Waals surface area contributed by atoms with Crippen molar-refractivity contribution in [3.8, 4) is 0 Å². The highest BCUT2D eigenvalue weighted by molar-refractivity contribution is 7.99. The predicted octanol–water partition coefficient (Wildman–Crippen LogP) is 7.30. The van der Waals surface area contributed by atoms with Crippen molar-refractivity contribution in [3.05, 3.63) is 47.0 Å². The Morgan fingerprint density at radius 3 is 2.57 bits per heavy atom. The Morgan fingerprint density at radius 2 is 1.86 bits per heavy atom. The lowest BCUT2D eigenvalue weighted by Crippen LogP contribution is -2.34. The van der Waals surface area contributed by atoms with E-state index in [1.54, 1.807) is 0 Å². The van der Waals surface area contributed by atoms with Crippen LogP contribution in [-0.4, -0.2) is 25.0 Å². The van der Waals surface area contributed by atoms with E-state index >= 15 is 0 Å². The summed E-state index contributed by atoms with van der Waals surface area (Å²) in [6, 6.07) is 8.61. The fraction of sp³-hybridized carbons (Fsp3) is 0.519. The number of hydrogen-bond acceptors (Lipinski definition) is 4. The van der Waals surface area contributed by atoms with Crippen LogP contribution in [0.3, 0.4) is 0 Å². The molecule has 37 heavy (non-hydrogen) atoms. The number of carbonyl (C=O) groups is 1. The van der Waals surface area contributed by atoms with Crippen molar-refractivity contribution in [2.24, 2.45) is 17.6 Å². The smallest absolute Gasteiger partial charge is 0.371 e. The van der Waals surface area contributed by atoms with Crippen LogP contribution in [-0.2, 0) is 17.4 Å². The molecule has 2 aromatic rings. The minimum Gasteiger partial charge on any atom is -0.371 e. The number of nitrogens with one attached hydrogen (secondary N) is 1. The highest BCUT2D eigenvalue weighted by Gasteiger charge is 2.34. The molecule has 5 rings (SSSR count). The van der Waals surface area contributed by atoms with Crippen molar-refractivity contribution >= 4 is 53.9 Å². The molecule has 1 aliphatic carbocycles. The molecule has 2 aliphatic heterocycles. The topological polar surface area (TPSA) is 58.4 Å². The Balaban J connectivity index is 0.00000190. The molecule has 0 aromatic heterocycles. The summed E-state index contributed by atoms with van der Waals surface area (Å²) < 4.78 is 41.3. The minimum atomic E-state index is -4.49. The van der Waals surface area contributed by atoms with Crippen molar-refractivity contribution in [1.29, 1.82) is 0 Å². The van der Waals surface area contributed by atoms with E-state index in [4.69, 9.17) is 5.73 Å². The zero-order valence-electron chi connectivity index (χ0n) is 20.8. The summed E-state index contributed by atoms with van der Waals surface area (Å²) in [7, 11) is 0. The third kappa shape index (κ3) is 6.70. The second kappa shape index (κ2) is 12.1. The first-order chi connectivity index (χ1) is 16.7. The average Bonchev–Trinajstić information content (AvgIpc) is 2.82. The maximum Gasteiger partial charge on any atom is 0.416 e. The summed E-state index contributed by atoms with van der Waals surface area (Å²) >= 11 is 1.37. The molecule has 4 nitrogen and oxygen atoms in total. The van der Waals surface area contributed by atoms with E-state index < -0.39 is 11.7 Å². The number of benzene rings is 2. The molecule has 0 spiro atoms. The number of carbonyl (C=O) groups excluding carboxylic acids is 1. The van der Waals surface area contributed by atoms with Crippen LogP contribution in [0.4, 0.5) is 24.5 Å². The lowest BCUT2D eigenvalue weighted by Gasteiger charge is -2.34. The Kier molecular flexibility index (Phi) is 9.76. The number of halogens is 5. The van der Waals surface area contributed by atoms with Gasteiger partial charge >= 0.3 is 6.18 Å². The molecule has 2 aromatic carbocycles.